The highest BCUT2D eigenvalue weighted by atomic mass is 127. The lowest BCUT2D eigenvalue weighted by Crippen LogP contribution is -2.51. The van der Waals surface area contributed by atoms with Crippen LogP contribution in [0.3, 0.4) is 0 Å². The number of amides is 3. The van der Waals surface area contributed by atoms with Gasteiger partial charge in [-0.15, -0.1) is 0 Å². The molecule has 0 spiro atoms. The molecule has 11 nitrogen and oxygen atoms in total. The van der Waals surface area contributed by atoms with Gasteiger partial charge in [-0.2, -0.15) is 0 Å². The van der Waals surface area contributed by atoms with Crippen molar-refractivity contribution in [1.82, 2.24) is 9.80 Å². The number of ether oxygens (including phenoxy) is 2. The molecule has 0 bridgehead atoms. The van der Waals surface area contributed by atoms with E-state index in [0.29, 0.717) is 53.4 Å². The Morgan fingerprint density at radius 2 is 1.73 bits per heavy atom. The van der Waals surface area contributed by atoms with Crippen LogP contribution in [0.15, 0.2) is 71.6 Å². The molecule has 5 rings (SSSR count). The van der Waals surface area contributed by atoms with Crippen LogP contribution >= 0.6 is 34.4 Å². The average molecular weight is 729 g/mol. The summed E-state index contributed by atoms with van der Waals surface area (Å²) in [5, 5.41) is 10.4. The molecule has 0 atom stereocenters. The first-order chi connectivity index (χ1) is 21.2. The van der Waals surface area contributed by atoms with Crippen molar-refractivity contribution < 1.29 is 28.8 Å². The van der Waals surface area contributed by atoms with Crippen molar-refractivity contribution in [1.29, 1.82) is 0 Å². The summed E-state index contributed by atoms with van der Waals surface area (Å²) in [5.74, 6) is 0.178. The number of piperazine rings is 1. The van der Waals surface area contributed by atoms with Crippen molar-refractivity contribution in [2.45, 2.75) is 13.5 Å². The highest BCUT2D eigenvalue weighted by molar-refractivity contribution is 14.1. The monoisotopic (exact) mass is 728 g/mol. The maximum Gasteiger partial charge on any atom is 0.294 e. The number of thioether (sulfide) groups is 1. The summed E-state index contributed by atoms with van der Waals surface area (Å²) < 4.78 is 12.5. The predicted octanol–water partition coefficient (Wildman–Crippen LogP) is 5.56. The second-order valence-corrected chi connectivity index (χ2v) is 12.1. The van der Waals surface area contributed by atoms with Crippen LogP contribution in [0.4, 0.5) is 16.2 Å². The van der Waals surface area contributed by atoms with Gasteiger partial charge in [-0.25, -0.2) is 0 Å². The molecule has 0 aliphatic carbocycles. The van der Waals surface area contributed by atoms with Crippen molar-refractivity contribution in [3.63, 3.8) is 0 Å². The molecule has 2 fully saturated rings. The van der Waals surface area contributed by atoms with Gasteiger partial charge in [0.15, 0.2) is 11.5 Å². The minimum atomic E-state index is -0.511. The molecular weight excluding hydrogens is 699 g/mol. The number of nitro benzene ring substituents is 1. The Morgan fingerprint density at radius 3 is 2.39 bits per heavy atom. The zero-order chi connectivity index (χ0) is 31.2. The summed E-state index contributed by atoms with van der Waals surface area (Å²) in [6.45, 7) is 4.44. The molecule has 3 aromatic carbocycles. The SMILES string of the molecule is CCOc1cc(/C=C2/SC(=O)N(CC(=O)N3CCN(c4ccccc4)CC3)C2=O)cc(I)c1OCc1ccc([N+](=O)[O-])cc1. The van der Waals surface area contributed by atoms with E-state index < -0.39 is 16.1 Å². The number of benzene rings is 3. The van der Waals surface area contributed by atoms with E-state index in [1.807, 2.05) is 37.3 Å². The zero-order valence-corrected chi connectivity index (χ0v) is 26.8. The molecule has 44 heavy (non-hydrogen) atoms. The smallest absolute Gasteiger partial charge is 0.294 e. The number of carbonyl (C=O) groups is 3. The van der Waals surface area contributed by atoms with E-state index in [9.17, 15) is 24.5 Å². The second kappa shape index (κ2) is 14.1. The number of halogens is 1. The van der Waals surface area contributed by atoms with Crippen LogP contribution in [-0.2, 0) is 16.2 Å². The number of para-hydroxylation sites is 1. The number of hydrogen-bond acceptors (Lipinski definition) is 9. The number of rotatable bonds is 10. The molecule has 0 N–H and O–H groups in total. The number of nitrogens with zero attached hydrogens (tertiary/aromatic N) is 4. The van der Waals surface area contributed by atoms with Gasteiger partial charge in [0.2, 0.25) is 5.91 Å². The Hall–Kier alpha value is -4.11. The van der Waals surface area contributed by atoms with Crippen LogP contribution < -0.4 is 14.4 Å². The normalized spacial score (nSPS) is 16.0. The van der Waals surface area contributed by atoms with Crippen molar-refractivity contribution >= 4 is 68.9 Å². The lowest BCUT2D eigenvalue weighted by atomic mass is 10.1. The van der Waals surface area contributed by atoms with E-state index >= 15 is 0 Å². The Kier molecular flexibility index (Phi) is 10.0. The Bertz CT molecular complexity index is 1590. The van der Waals surface area contributed by atoms with E-state index in [4.69, 9.17) is 9.47 Å². The van der Waals surface area contributed by atoms with Crippen molar-refractivity contribution in [2.24, 2.45) is 0 Å². The number of imide groups is 1. The van der Waals surface area contributed by atoms with Gasteiger partial charge in [0.25, 0.3) is 16.8 Å². The summed E-state index contributed by atoms with van der Waals surface area (Å²) in [7, 11) is 0. The lowest BCUT2D eigenvalue weighted by molar-refractivity contribution is -0.384. The number of hydrogen-bond donors (Lipinski definition) is 0. The predicted molar refractivity (Wildman–Crippen MR) is 176 cm³/mol. The molecule has 2 aliphatic rings. The highest BCUT2D eigenvalue weighted by Crippen LogP contribution is 2.38. The first kappa shape index (κ1) is 31.3. The molecule has 13 heteroatoms. The van der Waals surface area contributed by atoms with Crippen LogP contribution in [0.2, 0.25) is 0 Å². The van der Waals surface area contributed by atoms with Crippen LogP contribution in [0.5, 0.6) is 11.5 Å². The molecule has 0 unspecified atom stereocenters. The minimum Gasteiger partial charge on any atom is -0.490 e. The maximum atomic E-state index is 13.2. The summed E-state index contributed by atoms with van der Waals surface area (Å²) in [5.41, 5.74) is 2.48. The average Bonchev–Trinajstić information content (AvgIpc) is 3.28. The van der Waals surface area contributed by atoms with Gasteiger partial charge in [-0.1, -0.05) is 18.2 Å². The molecule has 3 aromatic rings. The summed E-state index contributed by atoms with van der Waals surface area (Å²) in [6, 6.07) is 19.6. The Balaban J connectivity index is 1.23. The Labute approximate surface area is 272 Å². The Morgan fingerprint density at radius 1 is 1.02 bits per heavy atom. The molecule has 228 valence electrons. The summed E-state index contributed by atoms with van der Waals surface area (Å²) >= 11 is 2.91. The first-order valence-electron chi connectivity index (χ1n) is 13.9. The lowest BCUT2D eigenvalue weighted by Gasteiger charge is -2.36. The number of non-ortho nitro benzene ring substituents is 1. The third-order valence-electron chi connectivity index (χ3n) is 7.08. The van der Waals surface area contributed by atoms with Crippen molar-refractivity contribution in [3.8, 4) is 11.5 Å². The van der Waals surface area contributed by atoms with E-state index in [0.717, 1.165) is 27.9 Å². The summed E-state index contributed by atoms with van der Waals surface area (Å²) in [4.78, 5) is 54.6. The van der Waals surface area contributed by atoms with Crippen LogP contribution in [-0.4, -0.2) is 71.1 Å². The van der Waals surface area contributed by atoms with Gasteiger partial charge in [0.1, 0.15) is 13.2 Å². The maximum absolute atomic E-state index is 13.2. The van der Waals surface area contributed by atoms with Gasteiger partial charge in [-0.3, -0.25) is 29.4 Å². The molecule has 2 aliphatic heterocycles. The highest BCUT2D eigenvalue weighted by Gasteiger charge is 2.37. The standard InChI is InChI=1S/C31H29IN4O7S/c1-2-42-26-17-22(16-25(32)29(26)43-20-21-8-10-24(11-9-21)36(40)41)18-27-30(38)35(31(39)44-27)19-28(37)34-14-12-33(13-15-34)23-6-4-3-5-7-23/h3-11,16-18H,2,12-15,19-20H2,1H3/b27-18+. The third kappa shape index (κ3) is 7.33. The van der Waals surface area contributed by atoms with Crippen molar-refractivity contribution in [2.75, 3.05) is 44.2 Å². The van der Waals surface area contributed by atoms with Gasteiger partial charge >= 0.3 is 0 Å². The summed E-state index contributed by atoms with van der Waals surface area (Å²) in [6.07, 6.45) is 1.61. The van der Waals surface area contributed by atoms with Crippen LogP contribution in [0.1, 0.15) is 18.1 Å². The molecule has 0 saturated carbocycles. The molecular formula is C31H29IN4O7S. The van der Waals surface area contributed by atoms with Gasteiger partial charge in [0.05, 0.1) is 20.0 Å². The van der Waals surface area contributed by atoms with E-state index in [-0.39, 0.29) is 29.7 Å². The minimum absolute atomic E-state index is 0.00172. The number of anilines is 1. The van der Waals surface area contributed by atoms with E-state index in [1.165, 1.54) is 12.1 Å². The van der Waals surface area contributed by atoms with Crippen LogP contribution in [0, 0.1) is 13.7 Å². The quantitative estimate of drug-likeness (QED) is 0.114. The van der Waals surface area contributed by atoms with Gasteiger partial charge in [-0.05, 0) is 94.9 Å². The fourth-order valence-electron chi connectivity index (χ4n) is 4.82. The largest absolute Gasteiger partial charge is 0.490 e. The number of nitro groups is 1. The first-order valence-corrected chi connectivity index (χ1v) is 15.8. The van der Waals surface area contributed by atoms with Crippen LogP contribution in [0.25, 0.3) is 6.08 Å². The third-order valence-corrected chi connectivity index (χ3v) is 8.79. The second-order valence-electron chi connectivity index (χ2n) is 9.95. The van der Waals surface area contributed by atoms with Gasteiger partial charge in [0, 0.05) is 44.0 Å². The molecule has 0 aromatic heterocycles. The molecule has 0 radical (unpaired) electrons. The fourth-order valence-corrected chi connectivity index (χ4v) is 6.44. The molecule has 3 amide bonds. The van der Waals surface area contributed by atoms with E-state index in [2.05, 4.69) is 27.5 Å². The number of carbonyl (C=O) groups excluding carboxylic acids is 3. The fraction of sp³-hybridized carbons (Fsp3) is 0.258. The molecule has 2 heterocycles. The zero-order valence-electron chi connectivity index (χ0n) is 23.8. The van der Waals surface area contributed by atoms with E-state index in [1.54, 1.807) is 35.2 Å². The molecule has 2 saturated heterocycles. The van der Waals surface area contributed by atoms with Crippen molar-refractivity contribution in [3.05, 3.63) is 96.4 Å². The van der Waals surface area contributed by atoms with Gasteiger partial charge < -0.3 is 19.3 Å². The topological polar surface area (TPSA) is 123 Å².